The van der Waals surface area contributed by atoms with Gasteiger partial charge in [0, 0.05) is 27.7 Å². The van der Waals surface area contributed by atoms with Crippen molar-refractivity contribution in [3.63, 3.8) is 0 Å². The van der Waals surface area contributed by atoms with Crippen molar-refractivity contribution in [2.45, 2.75) is 43.0 Å². The normalized spacial score (nSPS) is 17.2. The number of hydrogen-bond acceptors (Lipinski definition) is 4. The molecule has 6 heteroatoms. The van der Waals surface area contributed by atoms with E-state index in [1.165, 1.54) is 28.0 Å². The van der Waals surface area contributed by atoms with Gasteiger partial charge in [0.1, 0.15) is 17.2 Å². The van der Waals surface area contributed by atoms with Gasteiger partial charge in [-0.3, -0.25) is 0 Å². The van der Waals surface area contributed by atoms with Gasteiger partial charge in [-0.2, -0.15) is 0 Å². The zero-order valence-corrected chi connectivity index (χ0v) is 18.0. The monoisotopic (exact) mass is 421 g/mol. The van der Waals surface area contributed by atoms with E-state index in [-0.39, 0.29) is 17.5 Å². The topological polar surface area (TPSA) is 21.6 Å². The predicted octanol–water partition coefficient (Wildman–Crippen LogP) is 6.43. The molecule has 2 aromatic rings. The van der Waals surface area contributed by atoms with Crippen molar-refractivity contribution in [1.82, 2.24) is 0 Å². The number of aliphatic imine (C=N–C) groups is 1. The van der Waals surface area contributed by atoms with E-state index in [1.807, 2.05) is 11.8 Å². The number of thioether (sulfide) groups is 2. The van der Waals surface area contributed by atoms with Gasteiger partial charge in [0.15, 0.2) is 0 Å². The van der Waals surface area contributed by atoms with Crippen LogP contribution in [0.3, 0.4) is 0 Å². The lowest BCUT2D eigenvalue weighted by molar-refractivity contribution is 0.264. The summed E-state index contributed by atoms with van der Waals surface area (Å²) < 4.78 is 33.4. The maximum absolute atomic E-state index is 14.0. The summed E-state index contributed by atoms with van der Waals surface area (Å²) in [6.45, 7) is 7.13. The lowest BCUT2D eigenvalue weighted by Gasteiger charge is -2.21. The highest BCUT2D eigenvalue weighted by atomic mass is 32.2. The molecule has 0 saturated heterocycles. The first-order chi connectivity index (χ1) is 13.3. The SMILES string of the molecule is CC(C)(C)CSc1ccc(SCC2CCOC(c3c(F)cccc3F)=N2)cc1. The van der Waals surface area contributed by atoms with E-state index in [4.69, 9.17) is 4.74 Å². The molecule has 0 fully saturated rings. The molecular weight excluding hydrogens is 396 g/mol. The largest absolute Gasteiger partial charge is 0.477 e. The molecule has 1 atom stereocenters. The zero-order chi connectivity index (χ0) is 20.1. The number of rotatable bonds is 6. The number of ether oxygens (including phenoxy) is 1. The summed E-state index contributed by atoms with van der Waals surface area (Å²) in [4.78, 5) is 6.88. The van der Waals surface area contributed by atoms with Crippen LogP contribution in [0, 0.1) is 17.0 Å². The van der Waals surface area contributed by atoms with E-state index in [0.717, 1.165) is 17.9 Å². The van der Waals surface area contributed by atoms with Crippen molar-refractivity contribution in [3.8, 4) is 0 Å². The Morgan fingerprint density at radius 1 is 1.00 bits per heavy atom. The fourth-order valence-electron chi connectivity index (χ4n) is 2.64. The molecule has 0 amide bonds. The van der Waals surface area contributed by atoms with E-state index in [0.29, 0.717) is 12.0 Å². The van der Waals surface area contributed by atoms with Crippen molar-refractivity contribution in [2.75, 3.05) is 18.1 Å². The molecule has 1 aliphatic heterocycles. The highest BCUT2D eigenvalue weighted by molar-refractivity contribution is 7.99. The molecule has 3 rings (SSSR count). The Labute approximate surface area is 174 Å². The number of halogens is 2. The van der Waals surface area contributed by atoms with E-state index < -0.39 is 11.6 Å². The Bertz CT molecular complexity index is 811. The maximum atomic E-state index is 14.0. The third kappa shape index (κ3) is 5.98. The molecule has 2 aromatic carbocycles. The Morgan fingerprint density at radius 3 is 2.21 bits per heavy atom. The van der Waals surface area contributed by atoms with Gasteiger partial charge in [-0.1, -0.05) is 26.8 Å². The first-order valence-electron chi connectivity index (χ1n) is 9.32. The molecule has 0 spiro atoms. The van der Waals surface area contributed by atoms with Gasteiger partial charge >= 0.3 is 0 Å². The molecule has 150 valence electrons. The van der Waals surface area contributed by atoms with Crippen molar-refractivity contribution < 1.29 is 13.5 Å². The Morgan fingerprint density at radius 2 is 1.61 bits per heavy atom. The van der Waals surface area contributed by atoms with Gasteiger partial charge < -0.3 is 4.74 Å². The van der Waals surface area contributed by atoms with Gasteiger partial charge in [-0.15, -0.1) is 23.5 Å². The van der Waals surface area contributed by atoms with Crippen LogP contribution in [0.2, 0.25) is 0 Å². The highest BCUT2D eigenvalue weighted by Gasteiger charge is 2.23. The molecule has 0 saturated carbocycles. The zero-order valence-electron chi connectivity index (χ0n) is 16.4. The molecule has 0 aromatic heterocycles. The molecule has 2 nitrogen and oxygen atoms in total. The van der Waals surface area contributed by atoms with Crippen LogP contribution in [0.25, 0.3) is 0 Å². The summed E-state index contributed by atoms with van der Waals surface area (Å²) in [7, 11) is 0. The summed E-state index contributed by atoms with van der Waals surface area (Å²) in [6.07, 6.45) is 0.742. The lowest BCUT2D eigenvalue weighted by atomic mass is 10.0. The van der Waals surface area contributed by atoms with Crippen molar-refractivity contribution in [1.29, 1.82) is 0 Å². The quantitative estimate of drug-likeness (QED) is 0.502. The fourth-order valence-corrected chi connectivity index (χ4v) is 4.53. The van der Waals surface area contributed by atoms with Gasteiger partial charge in [0.2, 0.25) is 5.90 Å². The molecule has 1 unspecified atom stereocenters. The average Bonchev–Trinajstić information content (AvgIpc) is 2.65. The second-order valence-electron chi connectivity index (χ2n) is 7.95. The summed E-state index contributed by atoms with van der Waals surface area (Å²) in [5.74, 6) is 0.607. The Kier molecular flexibility index (Phi) is 7.05. The molecule has 0 radical (unpaired) electrons. The third-order valence-corrected chi connectivity index (χ3v) is 6.88. The van der Waals surface area contributed by atoms with Crippen molar-refractivity contribution in [3.05, 3.63) is 59.7 Å². The van der Waals surface area contributed by atoms with Crippen molar-refractivity contribution >= 4 is 29.4 Å². The predicted molar refractivity (Wildman–Crippen MR) is 115 cm³/mol. The minimum atomic E-state index is -0.643. The van der Waals surface area contributed by atoms with Crippen molar-refractivity contribution in [2.24, 2.45) is 10.4 Å². The van der Waals surface area contributed by atoms with Crippen LogP contribution < -0.4 is 0 Å². The Balaban J connectivity index is 1.60. The van der Waals surface area contributed by atoms with Crippen LogP contribution in [0.1, 0.15) is 32.8 Å². The van der Waals surface area contributed by atoms with Gasteiger partial charge in [0.25, 0.3) is 0 Å². The van der Waals surface area contributed by atoms with E-state index in [1.54, 1.807) is 11.8 Å². The summed E-state index contributed by atoms with van der Waals surface area (Å²) in [5.41, 5.74) is 0.131. The smallest absolute Gasteiger partial charge is 0.222 e. The molecule has 28 heavy (non-hydrogen) atoms. The van der Waals surface area contributed by atoms with Crippen LogP contribution >= 0.6 is 23.5 Å². The van der Waals surface area contributed by atoms with Crippen LogP contribution in [0.4, 0.5) is 8.78 Å². The standard InChI is InChI=1S/C22H25F2NOS2/c1-22(2,3)14-28-17-9-7-16(8-10-17)27-13-15-11-12-26-21(25-15)20-18(23)5-4-6-19(20)24/h4-10,15H,11-14H2,1-3H3. The molecule has 1 heterocycles. The molecular formula is C22H25F2NOS2. The van der Waals surface area contributed by atoms with Gasteiger partial charge in [-0.05, 0) is 41.8 Å². The van der Waals surface area contributed by atoms with Gasteiger partial charge in [0.05, 0.1) is 12.6 Å². The van der Waals surface area contributed by atoms with Crippen LogP contribution in [0.5, 0.6) is 0 Å². The summed E-state index contributed by atoms with van der Waals surface area (Å²) in [5, 5.41) is 0. The van der Waals surface area contributed by atoms with E-state index >= 15 is 0 Å². The third-order valence-electron chi connectivity index (χ3n) is 4.10. The molecule has 0 bridgehead atoms. The molecule has 0 N–H and O–H groups in total. The van der Waals surface area contributed by atoms with E-state index in [2.05, 4.69) is 50.0 Å². The minimum absolute atomic E-state index is 0.0253. The Hall–Kier alpha value is -1.53. The van der Waals surface area contributed by atoms with E-state index in [9.17, 15) is 8.78 Å². The van der Waals surface area contributed by atoms with Crippen LogP contribution in [-0.2, 0) is 4.74 Å². The fraction of sp³-hybridized carbons (Fsp3) is 0.409. The average molecular weight is 422 g/mol. The first-order valence-corrected chi connectivity index (χ1v) is 11.3. The molecule has 1 aliphatic rings. The maximum Gasteiger partial charge on any atom is 0.222 e. The number of hydrogen-bond donors (Lipinski definition) is 0. The highest BCUT2D eigenvalue weighted by Crippen LogP contribution is 2.30. The summed E-state index contributed by atoms with van der Waals surface area (Å²) >= 11 is 3.57. The second-order valence-corrected chi connectivity index (χ2v) is 10.1. The molecule has 0 aliphatic carbocycles. The van der Waals surface area contributed by atoms with Crippen LogP contribution in [0.15, 0.2) is 57.2 Å². The number of benzene rings is 2. The first kappa shape index (κ1) is 21.2. The minimum Gasteiger partial charge on any atom is -0.477 e. The van der Waals surface area contributed by atoms with Crippen LogP contribution in [-0.4, -0.2) is 30.1 Å². The van der Waals surface area contributed by atoms with Gasteiger partial charge in [-0.25, -0.2) is 13.8 Å². The summed E-state index contributed by atoms with van der Waals surface area (Å²) in [6, 6.07) is 12.3. The lowest BCUT2D eigenvalue weighted by Crippen LogP contribution is -2.25. The second kappa shape index (κ2) is 9.31. The number of nitrogens with zero attached hydrogens (tertiary/aromatic N) is 1.